The van der Waals surface area contributed by atoms with Gasteiger partial charge in [-0.3, -0.25) is 4.79 Å². The van der Waals surface area contributed by atoms with Gasteiger partial charge in [-0.05, 0) is 0 Å². The second-order valence-electron chi connectivity index (χ2n) is 5.20. The normalized spacial score (nSPS) is 14.3. The van der Waals surface area contributed by atoms with Crippen LogP contribution in [0.25, 0.3) is 0 Å². The molecule has 0 aromatic heterocycles. The van der Waals surface area contributed by atoms with Crippen molar-refractivity contribution in [1.82, 2.24) is 0 Å². The van der Waals surface area contributed by atoms with Crippen LogP contribution in [0, 0.1) is 4.78 Å². The fourth-order valence-corrected chi connectivity index (χ4v) is 1.14. The van der Waals surface area contributed by atoms with Gasteiger partial charge in [-0.1, -0.05) is 0 Å². The van der Waals surface area contributed by atoms with E-state index in [0.29, 0.717) is 0 Å². The van der Waals surface area contributed by atoms with E-state index in [1.165, 1.54) is 0 Å². The zero-order chi connectivity index (χ0) is 29.2. The van der Waals surface area contributed by atoms with Crippen LogP contribution in [0.1, 0.15) is 6.92 Å². The molecule has 0 aliphatic carbocycles. The van der Waals surface area contributed by atoms with Crippen molar-refractivity contribution in [2.24, 2.45) is 0 Å². The van der Waals surface area contributed by atoms with Crippen LogP contribution in [-0.4, -0.2) is 67.4 Å². The number of hydrogen-bond donors (Lipinski definition) is 2. The van der Waals surface area contributed by atoms with E-state index in [1.807, 2.05) is 0 Å². The van der Waals surface area contributed by atoms with Gasteiger partial charge < -0.3 is 5.11 Å². The molecule has 0 heterocycles. The molecule has 0 unspecified atom stereocenters. The zero-order valence-corrected chi connectivity index (χ0v) is 15.7. The minimum absolute atomic E-state index is 0.833. The van der Waals surface area contributed by atoms with Gasteiger partial charge in [0.05, 0.1) is 0 Å². The average molecular weight is 577 g/mol. The first-order valence-corrected chi connectivity index (χ1v) is 7.69. The second-order valence-corrected chi connectivity index (χ2v) is 5.67. The molecule has 0 aliphatic rings. The van der Waals surface area contributed by atoms with Gasteiger partial charge in [0.25, 0.3) is 5.97 Å². The Hall–Kier alpha value is -2.17. The van der Waals surface area contributed by atoms with Crippen LogP contribution < -0.4 is 0 Å². The third kappa shape index (κ3) is 6.70. The van der Waals surface area contributed by atoms with Gasteiger partial charge in [-0.25, -0.2) is 0 Å². The molecule has 0 saturated carbocycles. The standard InChI is InChI=1S/C8F18.C2H4O2.HNO2S/c9-1(10,3(13,14)5(17,18)7(21,22)23)2(11,12)4(15,16)6(19,20)8(24,25)26;1-2(3)4;1-4(2)3/h;1H3,(H,3,4);1H. The van der Waals surface area contributed by atoms with Crippen LogP contribution in [0.3, 0.4) is 0 Å². The topological polar surface area (TPSA) is 95.3 Å². The van der Waals surface area contributed by atoms with Crippen molar-refractivity contribution in [1.29, 1.82) is 4.78 Å². The number of hydrogen-bond acceptors (Lipinski definition) is 4. The zero-order valence-electron chi connectivity index (χ0n) is 14.9. The first-order valence-electron chi connectivity index (χ1n) is 6.62. The van der Waals surface area contributed by atoms with E-state index in [0.717, 1.165) is 6.92 Å². The monoisotopic (exact) mass is 577 g/mol. The van der Waals surface area contributed by atoms with Crippen molar-refractivity contribution in [3.05, 3.63) is 0 Å². The molecule has 0 radical (unpaired) electrons. The van der Waals surface area contributed by atoms with Crippen molar-refractivity contribution in [3.63, 3.8) is 0 Å². The van der Waals surface area contributed by atoms with Crippen LogP contribution >= 0.6 is 0 Å². The molecule has 0 fully saturated rings. The Morgan fingerprint density at radius 3 is 0.706 bits per heavy atom. The molecule has 0 spiro atoms. The van der Waals surface area contributed by atoms with E-state index in [-0.39, 0.29) is 0 Å². The molecule has 206 valence electrons. The number of nitrogens with one attached hydrogen (secondary N) is 1. The van der Waals surface area contributed by atoms with Gasteiger partial charge in [-0.2, -0.15) is 92.2 Å². The van der Waals surface area contributed by atoms with Gasteiger partial charge in [0.2, 0.25) is 0 Å². The van der Waals surface area contributed by atoms with Gasteiger partial charge in [-0.15, -0.1) is 0 Å². The predicted molar refractivity (Wildman–Crippen MR) is 66.7 cm³/mol. The first kappa shape index (κ1) is 36.4. The maximum absolute atomic E-state index is 12.8. The Kier molecular flexibility index (Phi) is 10.9. The number of rotatable bonds is 5. The quantitative estimate of drug-likeness (QED) is 0.414. The van der Waals surface area contributed by atoms with Crippen molar-refractivity contribution >= 4 is 16.5 Å². The van der Waals surface area contributed by atoms with E-state index in [1.54, 1.807) is 0 Å². The summed E-state index contributed by atoms with van der Waals surface area (Å²) in [5, 5.41) is 7.42. The Bertz CT molecular complexity index is 753. The minimum Gasteiger partial charge on any atom is -0.481 e. The number of alkyl halides is 18. The first-order chi connectivity index (χ1) is 14.2. The smallest absolute Gasteiger partial charge is 0.460 e. The highest BCUT2D eigenvalue weighted by atomic mass is 32.2. The highest BCUT2D eigenvalue weighted by molar-refractivity contribution is 7.60. The van der Waals surface area contributed by atoms with E-state index in [9.17, 15) is 79.0 Å². The molecule has 34 heavy (non-hydrogen) atoms. The SMILES string of the molecule is CC(=O)O.FC(F)(F)C(F)(F)C(F)(F)C(F)(F)C(F)(F)C(F)(F)C(F)(F)C(F)(F)F.N=S(=O)=O. The van der Waals surface area contributed by atoms with Crippen LogP contribution in [0.5, 0.6) is 0 Å². The van der Waals surface area contributed by atoms with Crippen LogP contribution in [0.2, 0.25) is 0 Å². The maximum atomic E-state index is 12.8. The Morgan fingerprint density at radius 2 is 0.618 bits per heavy atom. The van der Waals surface area contributed by atoms with Crippen LogP contribution in [0.15, 0.2) is 0 Å². The van der Waals surface area contributed by atoms with Gasteiger partial charge in [0.1, 0.15) is 0 Å². The lowest BCUT2D eigenvalue weighted by atomic mass is 9.91. The molecule has 0 atom stereocenters. The summed E-state index contributed by atoms with van der Waals surface area (Å²) < 4.78 is 243. The fraction of sp³-hybridized carbons (Fsp3) is 0.900. The lowest BCUT2D eigenvalue weighted by Crippen LogP contribution is -2.74. The summed E-state index contributed by atoms with van der Waals surface area (Å²) in [5.41, 5.74) is 0. The van der Waals surface area contributed by atoms with Crippen molar-refractivity contribution in [3.8, 4) is 0 Å². The Morgan fingerprint density at radius 1 is 0.529 bits per heavy atom. The van der Waals surface area contributed by atoms with Crippen LogP contribution in [0.4, 0.5) is 79.0 Å². The van der Waals surface area contributed by atoms with E-state index in [2.05, 4.69) is 0 Å². The average Bonchev–Trinajstić information content (AvgIpc) is 2.50. The number of carboxylic acid groups (broad SMARTS) is 1. The number of carboxylic acids is 1. The van der Waals surface area contributed by atoms with Gasteiger partial charge >= 0.3 is 58.4 Å². The van der Waals surface area contributed by atoms with Crippen LogP contribution in [-0.2, 0) is 15.3 Å². The van der Waals surface area contributed by atoms with E-state index in [4.69, 9.17) is 23.1 Å². The lowest BCUT2D eigenvalue weighted by molar-refractivity contribution is -0.468. The molecule has 0 bridgehead atoms. The highest BCUT2D eigenvalue weighted by Gasteiger charge is 2.95. The lowest BCUT2D eigenvalue weighted by Gasteiger charge is -2.41. The summed E-state index contributed by atoms with van der Waals surface area (Å²) in [5.74, 6) is -51.9. The molecule has 5 nitrogen and oxygen atoms in total. The number of aliphatic carboxylic acids is 1. The summed E-state index contributed by atoms with van der Waals surface area (Å²) in [6.07, 6.45) is -15.6. The van der Waals surface area contributed by atoms with E-state index < -0.39 is 64.4 Å². The Balaban J connectivity index is -0.00000103. The van der Waals surface area contributed by atoms with Gasteiger partial charge in [0, 0.05) is 6.92 Å². The molecule has 2 N–H and O–H groups in total. The molecule has 24 heteroatoms. The minimum atomic E-state index is -8.72. The summed E-state index contributed by atoms with van der Waals surface area (Å²) in [6, 6.07) is 0. The third-order valence-corrected chi connectivity index (χ3v) is 2.68. The number of halogens is 18. The highest BCUT2D eigenvalue weighted by Crippen LogP contribution is 2.63. The second kappa shape index (κ2) is 10.2. The van der Waals surface area contributed by atoms with Crippen molar-refractivity contribution in [2.75, 3.05) is 0 Å². The molecule has 0 aliphatic heterocycles. The van der Waals surface area contributed by atoms with E-state index >= 15 is 0 Å². The third-order valence-electron chi connectivity index (χ3n) is 2.68. The molecular weight excluding hydrogens is 572 g/mol. The van der Waals surface area contributed by atoms with Gasteiger partial charge in [0.15, 0.2) is 0 Å². The summed E-state index contributed by atoms with van der Waals surface area (Å²) >= 11 is 0. The summed E-state index contributed by atoms with van der Waals surface area (Å²) in [7, 11) is -2.61. The molecular formula is C10H5F18NO4S. The number of carbonyl (C=O) groups is 1. The molecule has 0 amide bonds. The van der Waals surface area contributed by atoms with Crippen molar-refractivity contribution in [2.45, 2.75) is 54.8 Å². The summed E-state index contributed by atoms with van der Waals surface area (Å²) in [6.45, 7) is 1.08. The molecule has 0 aromatic carbocycles. The van der Waals surface area contributed by atoms with Crippen molar-refractivity contribution < 1.29 is 97.3 Å². The summed E-state index contributed by atoms with van der Waals surface area (Å²) in [4.78, 5) is 9.00. The molecule has 0 rings (SSSR count). The fourth-order valence-electron chi connectivity index (χ4n) is 1.14. The molecule has 0 saturated heterocycles. The maximum Gasteiger partial charge on any atom is 0.460 e. The largest absolute Gasteiger partial charge is 0.481 e. The predicted octanol–water partition coefficient (Wildman–Crippen LogP) is 5.64. The Labute approximate surface area is 174 Å². The molecule has 0 aromatic rings.